The lowest BCUT2D eigenvalue weighted by Gasteiger charge is -2.26. The standard InChI is InChI=1S/C19H37N5O6S/c1-10(2)8-13(19(29)30)22-17(27)14(9-31)23-18(28)15(11(3)25)24-16(26)12(21)6-4-5-7-20/h10-15,25,31H,4-9,20-21H2,1-3H3,(H,22,27)(H,23,28)(H,24,26)(H,29,30). The van der Waals surface area contributed by atoms with Crippen molar-refractivity contribution in [2.75, 3.05) is 12.3 Å². The summed E-state index contributed by atoms with van der Waals surface area (Å²) >= 11 is 4.04. The van der Waals surface area contributed by atoms with Gasteiger partial charge in [0.05, 0.1) is 12.1 Å². The molecule has 11 nitrogen and oxygen atoms in total. The van der Waals surface area contributed by atoms with E-state index in [0.29, 0.717) is 25.8 Å². The Hall–Kier alpha value is -1.89. The number of unbranched alkanes of at least 4 members (excludes halogenated alkanes) is 1. The van der Waals surface area contributed by atoms with Crippen molar-refractivity contribution in [2.24, 2.45) is 17.4 Å². The van der Waals surface area contributed by atoms with Gasteiger partial charge in [0.15, 0.2) is 0 Å². The minimum absolute atomic E-state index is 0.0225. The molecule has 0 aliphatic rings. The van der Waals surface area contributed by atoms with E-state index in [-0.39, 0.29) is 18.1 Å². The first-order valence-electron chi connectivity index (χ1n) is 10.3. The third-order valence-electron chi connectivity index (χ3n) is 4.51. The predicted molar refractivity (Wildman–Crippen MR) is 119 cm³/mol. The van der Waals surface area contributed by atoms with Gasteiger partial charge >= 0.3 is 5.97 Å². The molecule has 5 atom stereocenters. The summed E-state index contributed by atoms with van der Waals surface area (Å²) in [6.07, 6.45) is 0.651. The van der Waals surface area contributed by atoms with Crippen LogP contribution < -0.4 is 27.4 Å². The monoisotopic (exact) mass is 463 g/mol. The van der Waals surface area contributed by atoms with Crippen LogP contribution in [0, 0.1) is 5.92 Å². The highest BCUT2D eigenvalue weighted by atomic mass is 32.1. The van der Waals surface area contributed by atoms with Crippen LogP contribution in [0.25, 0.3) is 0 Å². The Balaban J connectivity index is 5.08. The molecular formula is C19H37N5O6S. The van der Waals surface area contributed by atoms with Gasteiger partial charge in [-0.25, -0.2) is 4.79 Å². The number of aliphatic hydroxyl groups excluding tert-OH is 1. The Labute approximate surface area is 188 Å². The smallest absolute Gasteiger partial charge is 0.326 e. The van der Waals surface area contributed by atoms with E-state index in [9.17, 15) is 29.4 Å². The van der Waals surface area contributed by atoms with E-state index in [1.54, 1.807) is 0 Å². The number of hydrogen-bond acceptors (Lipinski definition) is 8. The fourth-order valence-corrected chi connectivity index (χ4v) is 2.98. The fourth-order valence-electron chi connectivity index (χ4n) is 2.73. The SMILES string of the molecule is CC(C)CC(NC(=O)C(CS)NC(=O)C(NC(=O)C(N)CCCCN)C(C)O)C(=O)O. The molecule has 5 unspecified atom stereocenters. The zero-order valence-corrected chi connectivity index (χ0v) is 19.2. The predicted octanol–water partition coefficient (Wildman–Crippen LogP) is -1.66. The maximum Gasteiger partial charge on any atom is 0.326 e. The molecule has 0 bridgehead atoms. The summed E-state index contributed by atoms with van der Waals surface area (Å²) in [6.45, 7) is 5.41. The van der Waals surface area contributed by atoms with Gasteiger partial charge < -0.3 is 37.6 Å². The van der Waals surface area contributed by atoms with Gasteiger partial charge in [-0.05, 0) is 38.6 Å². The van der Waals surface area contributed by atoms with Crippen LogP contribution in [0.1, 0.15) is 46.5 Å². The third-order valence-corrected chi connectivity index (χ3v) is 4.87. The molecule has 9 N–H and O–H groups in total. The van der Waals surface area contributed by atoms with Gasteiger partial charge in [-0.15, -0.1) is 0 Å². The zero-order chi connectivity index (χ0) is 24.1. The van der Waals surface area contributed by atoms with Crippen molar-refractivity contribution in [3.05, 3.63) is 0 Å². The van der Waals surface area contributed by atoms with Crippen LogP contribution in [0.4, 0.5) is 0 Å². The molecule has 31 heavy (non-hydrogen) atoms. The van der Waals surface area contributed by atoms with Gasteiger partial charge in [-0.1, -0.05) is 20.3 Å². The molecule has 0 spiro atoms. The van der Waals surface area contributed by atoms with Crippen molar-refractivity contribution in [1.29, 1.82) is 0 Å². The summed E-state index contributed by atoms with van der Waals surface area (Å²) in [5.41, 5.74) is 11.2. The molecule has 0 radical (unpaired) electrons. The van der Waals surface area contributed by atoms with E-state index in [0.717, 1.165) is 0 Å². The van der Waals surface area contributed by atoms with Crippen molar-refractivity contribution < 1.29 is 29.4 Å². The first kappa shape index (κ1) is 29.1. The summed E-state index contributed by atoms with van der Waals surface area (Å²) in [4.78, 5) is 48.7. The molecule has 0 rings (SSSR count). The lowest BCUT2D eigenvalue weighted by molar-refractivity contribution is -0.142. The molecule has 0 aromatic carbocycles. The minimum Gasteiger partial charge on any atom is -0.480 e. The number of nitrogens with one attached hydrogen (secondary N) is 3. The number of thiol groups is 1. The first-order valence-corrected chi connectivity index (χ1v) is 11.0. The second-order valence-electron chi connectivity index (χ2n) is 7.89. The van der Waals surface area contributed by atoms with E-state index >= 15 is 0 Å². The van der Waals surface area contributed by atoms with Crippen LogP contribution in [0.15, 0.2) is 0 Å². The molecule has 0 saturated heterocycles. The second kappa shape index (κ2) is 15.0. The molecular weight excluding hydrogens is 426 g/mol. The molecule has 0 heterocycles. The molecule has 3 amide bonds. The summed E-state index contributed by atoms with van der Waals surface area (Å²) in [5, 5.41) is 26.4. The van der Waals surface area contributed by atoms with Crippen molar-refractivity contribution >= 4 is 36.3 Å². The highest BCUT2D eigenvalue weighted by molar-refractivity contribution is 7.80. The second-order valence-corrected chi connectivity index (χ2v) is 8.26. The number of carboxylic acid groups (broad SMARTS) is 1. The fraction of sp³-hybridized carbons (Fsp3) is 0.789. The maximum atomic E-state index is 12.6. The van der Waals surface area contributed by atoms with Crippen LogP contribution >= 0.6 is 12.6 Å². The Morgan fingerprint density at radius 2 is 1.52 bits per heavy atom. The molecule has 12 heteroatoms. The van der Waals surface area contributed by atoms with Crippen LogP contribution in [0.3, 0.4) is 0 Å². The maximum absolute atomic E-state index is 12.6. The number of aliphatic carboxylic acids is 1. The largest absolute Gasteiger partial charge is 0.480 e. The summed E-state index contributed by atoms with van der Waals surface area (Å²) in [5.74, 6) is -3.45. The normalized spacial score (nSPS) is 16.0. The van der Waals surface area contributed by atoms with Gasteiger partial charge in [0.2, 0.25) is 17.7 Å². The number of rotatable bonds is 15. The van der Waals surface area contributed by atoms with Crippen LogP contribution in [-0.4, -0.2) is 76.5 Å². The number of carboxylic acids is 1. The summed E-state index contributed by atoms with van der Waals surface area (Å²) < 4.78 is 0. The molecule has 0 saturated carbocycles. The lowest BCUT2D eigenvalue weighted by Crippen LogP contribution is -2.60. The highest BCUT2D eigenvalue weighted by Gasteiger charge is 2.32. The molecule has 0 aliphatic carbocycles. The van der Waals surface area contributed by atoms with Crippen molar-refractivity contribution in [3.8, 4) is 0 Å². The van der Waals surface area contributed by atoms with Gasteiger partial charge in [0, 0.05) is 5.75 Å². The highest BCUT2D eigenvalue weighted by Crippen LogP contribution is 2.06. The number of aliphatic hydroxyl groups is 1. The quantitative estimate of drug-likeness (QED) is 0.104. The minimum atomic E-state index is -1.35. The molecule has 180 valence electrons. The van der Waals surface area contributed by atoms with Crippen LogP contribution in [-0.2, 0) is 19.2 Å². The summed E-state index contributed by atoms with van der Waals surface area (Å²) in [7, 11) is 0. The molecule has 0 aromatic heterocycles. The molecule has 0 aromatic rings. The number of carbonyl (C=O) groups excluding carboxylic acids is 3. The van der Waals surface area contributed by atoms with Crippen LogP contribution in [0.2, 0.25) is 0 Å². The van der Waals surface area contributed by atoms with Gasteiger partial charge in [-0.2, -0.15) is 12.6 Å². The van der Waals surface area contributed by atoms with E-state index in [1.165, 1.54) is 6.92 Å². The number of amides is 3. The third kappa shape index (κ3) is 11.3. The van der Waals surface area contributed by atoms with Gasteiger partial charge in [0.25, 0.3) is 0 Å². The van der Waals surface area contributed by atoms with Crippen molar-refractivity contribution in [3.63, 3.8) is 0 Å². The van der Waals surface area contributed by atoms with E-state index < -0.39 is 54.0 Å². The Morgan fingerprint density at radius 1 is 0.935 bits per heavy atom. The number of hydrogen-bond donors (Lipinski definition) is 8. The molecule has 0 aliphatic heterocycles. The zero-order valence-electron chi connectivity index (χ0n) is 18.3. The van der Waals surface area contributed by atoms with Gasteiger partial charge in [0.1, 0.15) is 18.1 Å². The molecule has 0 fully saturated rings. The van der Waals surface area contributed by atoms with Crippen molar-refractivity contribution in [2.45, 2.75) is 76.7 Å². The van der Waals surface area contributed by atoms with E-state index in [1.807, 2.05) is 13.8 Å². The first-order chi connectivity index (χ1) is 14.4. The average Bonchev–Trinajstić information content (AvgIpc) is 2.68. The Kier molecular flexibility index (Phi) is 14.1. The number of carbonyl (C=O) groups is 4. The van der Waals surface area contributed by atoms with Gasteiger partial charge in [-0.3, -0.25) is 14.4 Å². The van der Waals surface area contributed by atoms with Crippen molar-refractivity contribution in [1.82, 2.24) is 16.0 Å². The lowest BCUT2D eigenvalue weighted by atomic mass is 10.0. The topological polar surface area (TPSA) is 197 Å². The average molecular weight is 464 g/mol. The number of nitrogens with two attached hydrogens (primary N) is 2. The Bertz CT molecular complexity index is 604. The van der Waals surface area contributed by atoms with E-state index in [4.69, 9.17) is 11.5 Å². The van der Waals surface area contributed by atoms with Crippen LogP contribution in [0.5, 0.6) is 0 Å². The Morgan fingerprint density at radius 3 is 1.97 bits per heavy atom. The summed E-state index contributed by atoms with van der Waals surface area (Å²) in [6, 6.07) is -4.52. The van der Waals surface area contributed by atoms with E-state index in [2.05, 4.69) is 28.6 Å².